The van der Waals surface area contributed by atoms with E-state index < -0.39 is 6.09 Å². The number of pyridine rings is 1. The molecule has 1 N–H and O–H groups in total. The summed E-state index contributed by atoms with van der Waals surface area (Å²) in [4.78, 5) is 19.9. The fourth-order valence-electron chi connectivity index (χ4n) is 5.19. The maximum atomic E-state index is 12.9. The topological polar surface area (TPSA) is 54.5 Å². The highest BCUT2D eigenvalue weighted by molar-refractivity contribution is 5.86. The second-order valence-electron chi connectivity index (χ2n) is 8.48. The van der Waals surface area contributed by atoms with Crippen LogP contribution in [-0.2, 0) is 4.74 Å². The Morgan fingerprint density at radius 2 is 1.97 bits per heavy atom. The number of ether oxygens (including phenoxy) is 1. The lowest BCUT2D eigenvalue weighted by atomic mass is 9.73. The summed E-state index contributed by atoms with van der Waals surface area (Å²) in [5.74, 6) is 1.10. The summed E-state index contributed by atoms with van der Waals surface area (Å²) in [6.45, 7) is 6.04. The van der Waals surface area contributed by atoms with Crippen LogP contribution in [0.4, 0.5) is 10.5 Å². The minimum absolute atomic E-state index is 0.141. The highest BCUT2D eigenvalue weighted by Crippen LogP contribution is 2.43. The molecule has 1 aromatic heterocycles. The van der Waals surface area contributed by atoms with E-state index in [0.29, 0.717) is 11.8 Å². The zero-order valence-electron chi connectivity index (χ0n) is 17.5. The molecule has 3 fully saturated rings. The van der Waals surface area contributed by atoms with E-state index in [0.717, 1.165) is 41.7 Å². The Morgan fingerprint density at radius 3 is 2.74 bits per heavy atom. The van der Waals surface area contributed by atoms with Gasteiger partial charge in [0.1, 0.15) is 6.10 Å². The molecular formula is C26H27N3O2. The highest BCUT2D eigenvalue weighted by Gasteiger charge is 2.44. The molecule has 3 aliphatic rings. The summed E-state index contributed by atoms with van der Waals surface area (Å²) < 4.78 is 6.16. The van der Waals surface area contributed by atoms with Crippen molar-refractivity contribution in [3.05, 3.63) is 85.1 Å². The Hall–Kier alpha value is -3.18. The average Bonchev–Trinajstić information content (AvgIpc) is 2.83. The van der Waals surface area contributed by atoms with Crippen molar-refractivity contribution in [1.29, 1.82) is 0 Å². The van der Waals surface area contributed by atoms with E-state index in [2.05, 4.69) is 33.9 Å². The zero-order valence-corrected chi connectivity index (χ0v) is 17.5. The Morgan fingerprint density at radius 1 is 1.16 bits per heavy atom. The van der Waals surface area contributed by atoms with Crippen LogP contribution >= 0.6 is 0 Å². The Kier molecular flexibility index (Phi) is 5.43. The first-order valence-electron chi connectivity index (χ1n) is 11.0. The van der Waals surface area contributed by atoms with E-state index in [4.69, 9.17) is 4.74 Å². The predicted molar refractivity (Wildman–Crippen MR) is 123 cm³/mol. The van der Waals surface area contributed by atoms with Gasteiger partial charge in [-0.05, 0) is 55.5 Å². The monoisotopic (exact) mass is 413 g/mol. The number of amides is 1. The molecule has 3 aromatic rings. The van der Waals surface area contributed by atoms with Crippen molar-refractivity contribution >= 4 is 22.7 Å². The molecular weight excluding hydrogens is 386 g/mol. The van der Waals surface area contributed by atoms with Gasteiger partial charge in [0.15, 0.2) is 0 Å². The summed E-state index contributed by atoms with van der Waals surface area (Å²) in [7, 11) is 0. The smallest absolute Gasteiger partial charge is 0.412 e. The molecule has 158 valence electrons. The predicted octanol–water partition coefficient (Wildman–Crippen LogP) is 5.42. The molecule has 1 unspecified atom stereocenters. The molecule has 1 amide bonds. The lowest BCUT2D eigenvalue weighted by Gasteiger charge is -2.51. The van der Waals surface area contributed by atoms with Crippen LogP contribution in [0, 0.1) is 11.8 Å². The molecule has 5 heteroatoms. The first kappa shape index (κ1) is 19.8. The Balaban J connectivity index is 1.48. The zero-order chi connectivity index (χ0) is 21.2. The van der Waals surface area contributed by atoms with E-state index >= 15 is 0 Å². The molecule has 5 atom stereocenters. The lowest BCUT2D eigenvalue weighted by Crippen LogP contribution is -2.55. The molecule has 2 aromatic carbocycles. The fourth-order valence-corrected chi connectivity index (χ4v) is 5.19. The number of aromatic nitrogens is 1. The third-order valence-corrected chi connectivity index (χ3v) is 6.75. The molecule has 4 heterocycles. The number of carbonyl (C=O) groups is 1. The number of nitrogens with one attached hydrogen (secondary N) is 1. The first-order chi connectivity index (χ1) is 15.2. The van der Waals surface area contributed by atoms with Gasteiger partial charge in [-0.15, -0.1) is 6.58 Å². The standard InChI is InChI=1S/C26H27N3O2/c1-2-18-17-29-15-13-19(18)16-24(29)25(31-26(30)28-20-8-4-3-5-9-20)22-12-14-27-23-11-7-6-10-21(22)23/h2-12,14,18-19,24-25H,1,13,15-17H2,(H,28,30)/t18-,19-,24-,25+/m0/s1. The fraction of sp³-hybridized carbons (Fsp3) is 0.308. The van der Waals surface area contributed by atoms with Crippen LogP contribution in [0.15, 0.2) is 79.5 Å². The van der Waals surface area contributed by atoms with Crippen LogP contribution in [-0.4, -0.2) is 35.1 Å². The Labute approximate surface area is 182 Å². The molecule has 0 radical (unpaired) electrons. The number of carbonyl (C=O) groups excluding carboxylic acids is 1. The average molecular weight is 414 g/mol. The number of para-hydroxylation sites is 2. The Bertz CT molecular complexity index is 1080. The van der Waals surface area contributed by atoms with Gasteiger partial charge in [-0.25, -0.2) is 4.79 Å². The number of piperidine rings is 3. The van der Waals surface area contributed by atoms with Gasteiger partial charge in [-0.1, -0.05) is 42.5 Å². The van der Waals surface area contributed by atoms with Crippen LogP contribution < -0.4 is 5.32 Å². The van der Waals surface area contributed by atoms with Crippen molar-refractivity contribution in [2.24, 2.45) is 11.8 Å². The van der Waals surface area contributed by atoms with Crippen LogP contribution in [0.5, 0.6) is 0 Å². The summed E-state index contributed by atoms with van der Waals surface area (Å²) in [6, 6.07) is 19.6. The van der Waals surface area contributed by atoms with Crippen LogP contribution in [0.3, 0.4) is 0 Å². The summed E-state index contributed by atoms with van der Waals surface area (Å²) in [6.07, 6.45) is 5.27. The minimum atomic E-state index is -0.431. The molecule has 5 nitrogen and oxygen atoms in total. The van der Waals surface area contributed by atoms with E-state index in [1.807, 2.05) is 60.8 Å². The van der Waals surface area contributed by atoms with Gasteiger partial charge in [0.2, 0.25) is 0 Å². The van der Waals surface area contributed by atoms with Gasteiger partial charge in [0.05, 0.1) is 11.6 Å². The van der Waals surface area contributed by atoms with Gasteiger partial charge in [-0.3, -0.25) is 15.2 Å². The number of rotatable bonds is 5. The molecule has 6 rings (SSSR count). The summed E-state index contributed by atoms with van der Waals surface area (Å²) in [5, 5.41) is 3.91. The number of benzene rings is 2. The van der Waals surface area contributed by atoms with Crippen molar-refractivity contribution < 1.29 is 9.53 Å². The lowest BCUT2D eigenvalue weighted by molar-refractivity contribution is -0.0473. The molecule has 3 saturated heterocycles. The number of nitrogens with zero attached hydrogens (tertiary/aromatic N) is 2. The summed E-state index contributed by atoms with van der Waals surface area (Å²) in [5.41, 5.74) is 2.65. The molecule has 3 aliphatic heterocycles. The van der Waals surface area contributed by atoms with Crippen LogP contribution in [0.1, 0.15) is 24.5 Å². The van der Waals surface area contributed by atoms with Crippen LogP contribution in [0.25, 0.3) is 10.9 Å². The van der Waals surface area contributed by atoms with E-state index in [-0.39, 0.29) is 12.1 Å². The second-order valence-corrected chi connectivity index (χ2v) is 8.48. The van der Waals surface area contributed by atoms with Crippen molar-refractivity contribution in [1.82, 2.24) is 9.88 Å². The first-order valence-corrected chi connectivity index (χ1v) is 11.0. The van der Waals surface area contributed by atoms with Crippen molar-refractivity contribution in [3.8, 4) is 0 Å². The van der Waals surface area contributed by atoms with Crippen molar-refractivity contribution in [3.63, 3.8) is 0 Å². The summed E-state index contributed by atoms with van der Waals surface area (Å²) >= 11 is 0. The number of anilines is 1. The SMILES string of the molecule is C=C[C@H]1CN2CC[C@H]1C[C@H]2[C@H](OC(=O)Nc1ccccc1)c1ccnc2ccccc12. The van der Waals surface area contributed by atoms with Gasteiger partial charge >= 0.3 is 6.09 Å². The number of hydrogen-bond donors (Lipinski definition) is 1. The molecule has 2 bridgehead atoms. The number of fused-ring (bicyclic) bond motifs is 4. The minimum Gasteiger partial charge on any atom is -0.439 e. The van der Waals surface area contributed by atoms with Crippen molar-refractivity contribution in [2.75, 3.05) is 18.4 Å². The van der Waals surface area contributed by atoms with Crippen LogP contribution in [0.2, 0.25) is 0 Å². The quantitative estimate of drug-likeness (QED) is 0.568. The molecule has 0 spiro atoms. The second kappa shape index (κ2) is 8.52. The third-order valence-electron chi connectivity index (χ3n) is 6.75. The normalized spacial score (nSPS) is 25.7. The number of hydrogen-bond acceptors (Lipinski definition) is 4. The van der Waals surface area contributed by atoms with Gasteiger partial charge < -0.3 is 4.74 Å². The van der Waals surface area contributed by atoms with E-state index in [1.54, 1.807) is 0 Å². The molecule has 31 heavy (non-hydrogen) atoms. The maximum Gasteiger partial charge on any atom is 0.412 e. The van der Waals surface area contributed by atoms with Crippen molar-refractivity contribution in [2.45, 2.75) is 25.0 Å². The third kappa shape index (κ3) is 3.93. The van der Waals surface area contributed by atoms with Gasteiger partial charge in [-0.2, -0.15) is 0 Å². The molecule has 0 saturated carbocycles. The maximum absolute atomic E-state index is 12.9. The molecule has 0 aliphatic carbocycles. The largest absolute Gasteiger partial charge is 0.439 e. The van der Waals surface area contributed by atoms with Gasteiger partial charge in [0, 0.05) is 29.4 Å². The van der Waals surface area contributed by atoms with E-state index in [9.17, 15) is 4.79 Å². The highest BCUT2D eigenvalue weighted by atomic mass is 16.6. The van der Waals surface area contributed by atoms with Gasteiger partial charge in [0.25, 0.3) is 0 Å². The van der Waals surface area contributed by atoms with E-state index in [1.165, 1.54) is 6.42 Å².